The number of hydrogen-bond donors (Lipinski definition) is 1. The molecule has 0 saturated heterocycles. The largest absolute Gasteiger partial charge is 0.335 e. The van der Waals surface area contributed by atoms with Crippen LogP contribution in [0.25, 0.3) is 5.57 Å². The number of amides is 1. The Balaban J connectivity index is 0.00000324. The fourth-order valence-electron chi connectivity index (χ4n) is 4.17. The van der Waals surface area contributed by atoms with E-state index in [9.17, 15) is 9.59 Å². The average Bonchev–Trinajstić information content (AvgIpc) is 3.57. The Morgan fingerprint density at radius 1 is 1.24 bits per heavy atom. The number of aromatic amines is 1. The highest BCUT2D eigenvalue weighted by Crippen LogP contribution is 2.39. The number of benzene rings is 1. The van der Waals surface area contributed by atoms with Gasteiger partial charge in [-0.3, -0.25) is 14.7 Å². The predicted octanol–water partition coefficient (Wildman–Crippen LogP) is 4.05. The number of H-pyrrole nitrogens is 1. The number of ketones is 1. The van der Waals surface area contributed by atoms with Gasteiger partial charge >= 0.3 is 0 Å². The highest BCUT2D eigenvalue weighted by molar-refractivity contribution is 7.59. The molecule has 0 radical (unpaired) electrons. The Hall–Kier alpha value is -2.64. The lowest BCUT2D eigenvalue weighted by atomic mass is 9.91. The van der Waals surface area contributed by atoms with Gasteiger partial charge in [-0.1, -0.05) is 43.3 Å². The molecule has 0 bridgehead atoms. The van der Waals surface area contributed by atoms with Crippen LogP contribution in [-0.2, 0) is 16.0 Å². The molecule has 0 unspecified atom stereocenters. The van der Waals surface area contributed by atoms with Crippen molar-refractivity contribution in [3.05, 3.63) is 71.1 Å². The van der Waals surface area contributed by atoms with Crippen molar-refractivity contribution in [2.45, 2.75) is 44.4 Å². The molecule has 2 aliphatic rings. The molecular weight excluding hydrogens is 444 g/mol. The van der Waals surface area contributed by atoms with E-state index >= 15 is 0 Å². The second-order valence-corrected chi connectivity index (χ2v) is 9.51. The van der Waals surface area contributed by atoms with Crippen LogP contribution in [0.15, 0.2) is 48.6 Å². The number of Topliss-reactive ketones (excluding diaryl/α,β-unsaturated/α-hetero) is 1. The van der Waals surface area contributed by atoms with Crippen molar-refractivity contribution < 1.29 is 9.59 Å². The smallest absolute Gasteiger partial charge is 0.246 e. The van der Waals surface area contributed by atoms with Crippen LogP contribution < -0.4 is 0 Å². The van der Waals surface area contributed by atoms with Gasteiger partial charge in [-0.05, 0) is 56.1 Å². The van der Waals surface area contributed by atoms with Gasteiger partial charge in [0.15, 0.2) is 0 Å². The number of carbonyl (C=O) groups excluding carboxylic acids is 2. The zero-order chi connectivity index (χ0) is 23.4. The number of nitrogens with one attached hydrogen (secondary N) is 1. The van der Waals surface area contributed by atoms with E-state index in [-0.39, 0.29) is 31.1 Å². The summed E-state index contributed by atoms with van der Waals surface area (Å²) < 4.78 is 0. The number of likely N-dealkylation sites (N-methyl/N-ethyl adjacent to an activating group) is 1. The molecule has 4 rings (SSSR count). The minimum atomic E-state index is -0.158. The topological polar surface area (TPSA) is 69.3 Å². The number of nitrogens with zero attached hydrogens (tertiary/aromatic N) is 3. The van der Waals surface area contributed by atoms with Crippen LogP contribution in [-0.4, -0.2) is 65.4 Å². The van der Waals surface area contributed by atoms with E-state index in [0.29, 0.717) is 18.9 Å². The molecule has 182 valence electrons. The first-order chi connectivity index (χ1) is 15.9. The summed E-state index contributed by atoms with van der Waals surface area (Å²) in [5.41, 5.74) is 5.46. The summed E-state index contributed by atoms with van der Waals surface area (Å²) in [5, 5.41) is 7.38. The average molecular weight is 481 g/mol. The van der Waals surface area contributed by atoms with Gasteiger partial charge in [0.2, 0.25) is 5.91 Å². The van der Waals surface area contributed by atoms with Crippen molar-refractivity contribution in [2.75, 3.05) is 33.7 Å². The summed E-state index contributed by atoms with van der Waals surface area (Å²) in [6.07, 6.45) is 9.35. The monoisotopic (exact) mass is 480 g/mol. The fraction of sp³-hybridized carbons (Fsp3) is 0.444. The second-order valence-electron chi connectivity index (χ2n) is 9.51. The third-order valence-corrected chi connectivity index (χ3v) is 6.53. The highest BCUT2D eigenvalue weighted by atomic mass is 32.1. The molecule has 6 nitrogen and oxygen atoms in total. The quantitative estimate of drug-likeness (QED) is 0.550. The number of hydrogen-bond acceptors (Lipinski definition) is 4. The number of carbonyl (C=O) groups is 2. The van der Waals surface area contributed by atoms with Crippen LogP contribution >= 0.6 is 13.5 Å². The first-order valence-corrected chi connectivity index (χ1v) is 11.9. The summed E-state index contributed by atoms with van der Waals surface area (Å²) in [7, 11) is 3.97. The predicted molar refractivity (Wildman–Crippen MR) is 141 cm³/mol. The van der Waals surface area contributed by atoms with Crippen molar-refractivity contribution in [2.24, 2.45) is 0 Å². The van der Waals surface area contributed by atoms with Crippen LogP contribution in [0, 0.1) is 0 Å². The van der Waals surface area contributed by atoms with Gasteiger partial charge < -0.3 is 9.80 Å². The Kier molecular flexibility index (Phi) is 8.91. The van der Waals surface area contributed by atoms with Crippen LogP contribution in [0.3, 0.4) is 0 Å². The fourth-order valence-corrected chi connectivity index (χ4v) is 4.17. The highest BCUT2D eigenvalue weighted by Gasteiger charge is 2.26. The van der Waals surface area contributed by atoms with Crippen LogP contribution in [0.2, 0.25) is 0 Å². The molecule has 34 heavy (non-hydrogen) atoms. The number of rotatable bonds is 9. The molecule has 1 saturated carbocycles. The van der Waals surface area contributed by atoms with Crippen molar-refractivity contribution in [1.29, 1.82) is 0 Å². The molecule has 1 amide bonds. The molecule has 7 heteroatoms. The summed E-state index contributed by atoms with van der Waals surface area (Å²) in [6.45, 7) is 4.09. The first kappa shape index (κ1) is 26.0. The zero-order valence-electron chi connectivity index (χ0n) is 20.4. The Labute approximate surface area is 209 Å². The SMILES string of the molecule is C[C@H](C(=O)Cc1cc(C2CC2)n[nH]1)c1ccc(C2=CCN(C(=O)/C=C/CN(C)C)CC2)cc1.S. The maximum absolute atomic E-state index is 12.8. The van der Waals surface area contributed by atoms with Crippen LogP contribution in [0.1, 0.15) is 60.5 Å². The van der Waals surface area contributed by atoms with E-state index in [1.54, 1.807) is 6.08 Å². The lowest BCUT2D eigenvalue weighted by Crippen LogP contribution is -2.33. The van der Waals surface area contributed by atoms with Gasteiger partial charge in [-0.25, -0.2) is 0 Å². The summed E-state index contributed by atoms with van der Waals surface area (Å²) in [6, 6.07) is 10.4. The summed E-state index contributed by atoms with van der Waals surface area (Å²) in [5.74, 6) is 0.696. The van der Waals surface area contributed by atoms with E-state index in [1.807, 2.05) is 43.0 Å². The molecule has 0 spiro atoms. The number of aromatic nitrogens is 2. The molecule has 1 aromatic heterocycles. The lowest BCUT2D eigenvalue weighted by molar-refractivity contribution is -0.125. The van der Waals surface area contributed by atoms with Crippen LogP contribution in [0.4, 0.5) is 0 Å². The molecular formula is C27H36N4O2S. The minimum Gasteiger partial charge on any atom is -0.335 e. The van der Waals surface area contributed by atoms with Crippen molar-refractivity contribution in [3.8, 4) is 0 Å². The molecule has 1 aliphatic carbocycles. The first-order valence-electron chi connectivity index (χ1n) is 11.9. The lowest BCUT2D eigenvalue weighted by Gasteiger charge is -2.26. The van der Waals surface area contributed by atoms with E-state index < -0.39 is 0 Å². The molecule has 1 aromatic carbocycles. The third kappa shape index (κ3) is 6.70. The van der Waals surface area contributed by atoms with E-state index in [0.717, 1.165) is 42.0 Å². The summed E-state index contributed by atoms with van der Waals surface area (Å²) >= 11 is 0. The van der Waals surface area contributed by atoms with E-state index in [2.05, 4.69) is 40.5 Å². The molecule has 1 aliphatic heterocycles. The van der Waals surface area contributed by atoms with Gasteiger partial charge in [-0.15, -0.1) is 0 Å². The maximum Gasteiger partial charge on any atom is 0.246 e. The Morgan fingerprint density at radius 2 is 1.97 bits per heavy atom. The zero-order valence-corrected chi connectivity index (χ0v) is 21.4. The van der Waals surface area contributed by atoms with Gasteiger partial charge in [0.1, 0.15) is 5.78 Å². The maximum atomic E-state index is 12.8. The second kappa shape index (κ2) is 11.7. The summed E-state index contributed by atoms with van der Waals surface area (Å²) in [4.78, 5) is 29.0. The van der Waals surface area contributed by atoms with E-state index in [4.69, 9.17) is 0 Å². The van der Waals surface area contributed by atoms with Gasteiger partial charge in [0.25, 0.3) is 0 Å². The molecule has 2 aromatic rings. The molecule has 1 atom stereocenters. The normalized spacial score (nSPS) is 16.9. The molecule has 1 fully saturated rings. The standard InChI is InChI=1S/C27H34N4O2.H2S/c1-19(26(32)18-24-17-25(29-28-24)23-10-11-23)20-6-8-21(9-7-20)22-12-15-31(16-13-22)27(33)5-4-14-30(2)3;/h4-9,12,17,19,23H,10-11,13-16,18H2,1-3H3,(H,28,29);1H2/b5-4+;/t19-;/m0./s1. The van der Waals surface area contributed by atoms with E-state index in [1.165, 1.54) is 18.4 Å². The Bertz CT molecular complexity index is 1050. The molecule has 1 N–H and O–H groups in total. The van der Waals surface area contributed by atoms with Crippen LogP contribution in [0.5, 0.6) is 0 Å². The molecule has 2 heterocycles. The Morgan fingerprint density at radius 3 is 2.59 bits per heavy atom. The van der Waals surface area contributed by atoms with Gasteiger partial charge in [0.05, 0.1) is 5.69 Å². The minimum absolute atomic E-state index is 0. The van der Waals surface area contributed by atoms with Crippen molar-refractivity contribution in [1.82, 2.24) is 20.0 Å². The third-order valence-electron chi connectivity index (χ3n) is 6.53. The van der Waals surface area contributed by atoms with Gasteiger partial charge in [-0.2, -0.15) is 18.6 Å². The van der Waals surface area contributed by atoms with Crippen molar-refractivity contribution in [3.63, 3.8) is 0 Å². The van der Waals surface area contributed by atoms with Crippen molar-refractivity contribution >= 4 is 30.8 Å². The van der Waals surface area contributed by atoms with Gasteiger partial charge in [0, 0.05) is 49.7 Å².